The SMILES string of the molecule is C=CCNC(=O)C(C)Sc1nc2ccc(C)cc2[nH]1. The van der Waals surface area contributed by atoms with Crippen molar-refractivity contribution in [2.75, 3.05) is 6.54 Å². The summed E-state index contributed by atoms with van der Waals surface area (Å²) in [5.74, 6) is -0.0125. The van der Waals surface area contributed by atoms with Gasteiger partial charge in [-0.3, -0.25) is 4.79 Å². The number of aromatic nitrogens is 2. The molecule has 19 heavy (non-hydrogen) atoms. The molecule has 0 radical (unpaired) electrons. The van der Waals surface area contributed by atoms with Gasteiger partial charge < -0.3 is 10.3 Å². The molecule has 100 valence electrons. The summed E-state index contributed by atoms with van der Waals surface area (Å²) in [7, 11) is 0. The highest BCUT2D eigenvalue weighted by atomic mass is 32.2. The average molecular weight is 275 g/mol. The minimum absolute atomic E-state index is 0.0125. The zero-order chi connectivity index (χ0) is 13.8. The summed E-state index contributed by atoms with van der Waals surface area (Å²) < 4.78 is 0. The fraction of sp³-hybridized carbons (Fsp3) is 0.286. The maximum atomic E-state index is 11.8. The maximum Gasteiger partial charge on any atom is 0.233 e. The zero-order valence-electron chi connectivity index (χ0n) is 11.1. The first-order valence-corrected chi connectivity index (χ1v) is 6.99. The van der Waals surface area contributed by atoms with Crippen LogP contribution in [-0.2, 0) is 4.79 Å². The number of carbonyl (C=O) groups is 1. The smallest absolute Gasteiger partial charge is 0.233 e. The lowest BCUT2D eigenvalue weighted by Crippen LogP contribution is -2.30. The second-order valence-electron chi connectivity index (χ2n) is 4.36. The number of amides is 1. The number of hydrogen-bond acceptors (Lipinski definition) is 3. The molecule has 1 amide bonds. The van der Waals surface area contributed by atoms with E-state index < -0.39 is 0 Å². The monoisotopic (exact) mass is 275 g/mol. The predicted molar refractivity (Wildman–Crippen MR) is 79.4 cm³/mol. The van der Waals surface area contributed by atoms with Gasteiger partial charge in [-0.25, -0.2) is 4.98 Å². The molecule has 1 aromatic heterocycles. The van der Waals surface area contributed by atoms with Crippen molar-refractivity contribution in [2.45, 2.75) is 24.3 Å². The number of nitrogens with zero attached hydrogens (tertiary/aromatic N) is 1. The van der Waals surface area contributed by atoms with Gasteiger partial charge in [0.2, 0.25) is 5.91 Å². The third-order valence-electron chi connectivity index (χ3n) is 2.69. The fourth-order valence-corrected chi connectivity index (χ4v) is 2.54. The Labute approximate surface area is 116 Å². The lowest BCUT2D eigenvalue weighted by Gasteiger charge is -2.08. The molecular formula is C14H17N3OS. The molecule has 2 N–H and O–H groups in total. The van der Waals surface area contributed by atoms with E-state index in [1.807, 2.05) is 26.0 Å². The second-order valence-corrected chi connectivity index (χ2v) is 5.69. The summed E-state index contributed by atoms with van der Waals surface area (Å²) in [6.07, 6.45) is 1.67. The van der Waals surface area contributed by atoms with E-state index in [0.29, 0.717) is 6.54 Å². The van der Waals surface area contributed by atoms with Crippen LogP contribution in [-0.4, -0.2) is 27.7 Å². The molecular weight excluding hydrogens is 258 g/mol. The summed E-state index contributed by atoms with van der Waals surface area (Å²) in [4.78, 5) is 19.4. The van der Waals surface area contributed by atoms with Crippen molar-refractivity contribution < 1.29 is 4.79 Å². The first kappa shape index (κ1) is 13.7. The van der Waals surface area contributed by atoms with Crippen LogP contribution in [0.1, 0.15) is 12.5 Å². The van der Waals surface area contributed by atoms with Gasteiger partial charge in [0.05, 0.1) is 16.3 Å². The van der Waals surface area contributed by atoms with Crippen LogP contribution < -0.4 is 5.32 Å². The number of rotatable bonds is 5. The first-order chi connectivity index (χ1) is 9.10. The van der Waals surface area contributed by atoms with Crippen molar-refractivity contribution in [1.29, 1.82) is 0 Å². The highest BCUT2D eigenvalue weighted by Gasteiger charge is 2.15. The molecule has 5 heteroatoms. The van der Waals surface area contributed by atoms with E-state index in [1.165, 1.54) is 17.3 Å². The van der Waals surface area contributed by atoms with Gasteiger partial charge in [0, 0.05) is 6.54 Å². The number of imidazole rings is 1. The highest BCUT2D eigenvalue weighted by Crippen LogP contribution is 2.23. The van der Waals surface area contributed by atoms with Crippen LogP contribution in [0.5, 0.6) is 0 Å². The Morgan fingerprint density at radius 3 is 3.16 bits per heavy atom. The quantitative estimate of drug-likeness (QED) is 0.651. The van der Waals surface area contributed by atoms with E-state index in [1.54, 1.807) is 6.08 Å². The Hall–Kier alpha value is -1.75. The molecule has 0 saturated carbocycles. The Kier molecular flexibility index (Phi) is 4.27. The molecule has 0 saturated heterocycles. The first-order valence-electron chi connectivity index (χ1n) is 6.12. The van der Waals surface area contributed by atoms with Crippen LogP contribution in [0, 0.1) is 6.92 Å². The Morgan fingerprint density at radius 2 is 2.42 bits per heavy atom. The zero-order valence-corrected chi connectivity index (χ0v) is 11.9. The predicted octanol–water partition coefficient (Wildman–Crippen LogP) is 2.65. The Balaban J connectivity index is 2.08. The van der Waals surface area contributed by atoms with Crippen molar-refractivity contribution in [1.82, 2.24) is 15.3 Å². The molecule has 1 atom stereocenters. The minimum atomic E-state index is -0.193. The minimum Gasteiger partial charge on any atom is -0.352 e. The maximum absolute atomic E-state index is 11.8. The number of thioether (sulfide) groups is 1. The molecule has 4 nitrogen and oxygen atoms in total. The number of benzene rings is 1. The molecule has 0 bridgehead atoms. The highest BCUT2D eigenvalue weighted by molar-refractivity contribution is 8.00. The second kappa shape index (κ2) is 5.93. The number of fused-ring (bicyclic) bond motifs is 1. The van der Waals surface area contributed by atoms with E-state index in [-0.39, 0.29) is 11.2 Å². The molecule has 1 aromatic carbocycles. The average Bonchev–Trinajstić information content (AvgIpc) is 2.77. The van der Waals surface area contributed by atoms with Crippen LogP contribution in [0.25, 0.3) is 11.0 Å². The summed E-state index contributed by atoms with van der Waals surface area (Å²) in [5.41, 5.74) is 3.11. The molecule has 0 fully saturated rings. The topological polar surface area (TPSA) is 57.8 Å². The molecule has 1 heterocycles. The Morgan fingerprint density at radius 1 is 1.63 bits per heavy atom. The third kappa shape index (κ3) is 3.38. The van der Waals surface area contributed by atoms with Crippen molar-refractivity contribution in [3.63, 3.8) is 0 Å². The molecule has 0 aliphatic carbocycles. The number of aromatic amines is 1. The molecule has 0 aliphatic rings. The fourth-order valence-electron chi connectivity index (χ4n) is 1.69. The van der Waals surface area contributed by atoms with Gasteiger partial charge in [-0.05, 0) is 31.5 Å². The van der Waals surface area contributed by atoms with Crippen LogP contribution in [0.2, 0.25) is 0 Å². The van der Waals surface area contributed by atoms with Gasteiger partial charge in [-0.2, -0.15) is 0 Å². The standard InChI is InChI=1S/C14H17N3OS/c1-4-7-15-13(18)10(3)19-14-16-11-6-5-9(2)8-12(11)17-14/h4-6,8,10H,1,7H2,2-3H3,(H,15,18)(H,16,17). The molecule has 2 aromatic rings. The molecule has 0 spiro atoms. The lowest BCUT2D eigenvalue weighted by molar-refractivity contribution is -0.120. The molecule has 1 unspecified atom stereocenters. The van der Waals surface area contributed by atoms with Crippen molar-refractivity contribution in [3.8, 4) is 0 Å². The van der Waals surface area contributed by atoms with E-state index in [9.17, 15) is 4.79 Å². The van der Waals surface area contributed by atoms with Gasteiger partial charge in [0.1, 0.15) is 0 Å². The van der Waals surface area contributed by atoms with E-state index in [0.717, 1.165) is 16.2 Å². The Bertz CT molecular complexity index is 606. The summed E-state index contributed by atoms with van der Waals surface area (Å²) >= 11 is 1.42. The van der Waals surface area contributed by atoms with Crippen LogP contribution in [0.4, 0.5) is 0 Å². The molecule has 0 aliphatic heterocycles. The largest absolute Gasteiger partial charge is 0.352 e. The number of carbonyl (C=O) groups excluding carboxylic acids is 1. The number of nitrogens with one attached hydrogen (secondary N) is 2. The summed E-state index contributed by atoms with van der Waals surface area (Å²) in [5, 5.41) is 3.35. The van der Waals surface area contributed by atoms with Gasteiger partial charge in [0.15, 0.2) is 5.16 Å². The normalized spacial score (nSPS) is 12.3. The summed E-state index contributed by atoms with van der Waals surface area (Å²) in [6, 6.07) is 6.06. The van der Waals surface area contributed by atoms with Crippen molar-refractivity contribution in [2.24, 2.45) is 0 Å². The van der Waals surface area contributed by atoms with Crippen LogP contribution in [0.15, 0.2) is 36.0 Å². The van der Waals surface area contributed by atoms with Crippen LogP contribution >= 0.6 is 11.8 Å². The van der Waals surface area contributed by atoms with Gasteiger partial charge in [0.25, 0.3) is 0 Å². The lowest BCUT2D eigenvalue weighted by atomic mass is 10.2. The summed E-state index contributed by atoms with van der Waals surface area (Å²) in [6.45, 7) is 7.96. The van der Waals surface area contributed by atoms with Crippen molar-refractivity contribution >= 4 is 28.7 Å². The number of hydrogen-bond donors (Lipinski definition) is 2. The van der Waals surface area contributed by atoms with Gasteiger partial charge >= 0.3 is 0 Å². The van der Waals surface area contributed by atoms with Gasteiger partial charge in [-0.15, -0.1) is 6.58 Å². The van der Waals surface area contributed by atoms with Gasteiger partial charge in [-0.1, -0.05) is 23.9 Å². The third-order valence-corrected chi connectivity index (χ3v) is 3.68. The van der Waals surface area contributed by atoms with E-state index >= 15 is 0 Å². The van der Waals surface area contributed by atoms with Crippen LogP contribution in [0.3, 0.4) is 0 Å². The number of aryl methyl sites for hydroxylation is 1. The molecule has 2 rings (SSSR count). The number of H-pyrrole nitrogens is 1. The van der Waals surface area contributed by atoms with Crippen molar-refractivity contribution in [3.05, 3.63) is 36.4 Å². The van der Waals surface area contributed by atoms with E-state index in [2.05, 4.69) is 27.9 Å². The van der Waals surface area contributed by atoms with E-state index in [4.69, 9.17) is 0 Å².